The van der Waals surface area contributed by atoms with Gasteiger partial charge < -0.3 is 9.84 Å². The molecular formula is C19H22O2. The number of benzene rings is 2. The molecule has 0 bridgehead atoms. The SMILES string of the molecule is Cc1cccc(C)c1C(O)CC1OCCc2ccccc21. The molecule has 1 aliphatic rings. The molecule has 0 aliphatic carbocycles. The maximum atomic E-state index is 10.7. The second-order valence-electron chi connectivity index (χ2n) is 5.87. The summed E-state index contributed by atoms with van der Waals surface area (Å²) in [6, 6.07) is 14.6. The molecule has 1 heterocycles. The van der Waals surface area contributed by atoms with Crippen molar-refractivity contribution in [3.8, 4) is 0 Å². The van der Waals surface area contributed by atoms with Crippen molar-refractivity contribution in [2.24, 2.45) is 0 Å². The van der Waals surface area contributed by atoms with Crippen LogP contribution in [0.25, 0.3) is 0 Å². The van der Waals surface area contributed by atoms with Crippen LogP contribution in [0, 0.1) is 13.8 Å². The Kier molecular flexibility index (Phi) is 4.09. The van der Waals surface area contributed by atoms with Gasteiger partial charge in [0.15, 0.2) is 0 Å². The monoisotopic (exact) mass is 282 g/mol. The van der Waals surface area contributed by atoms with E-state index in [2.05, 4.69) is 44.2 Å². The highest BCUT2D eigenvalue weighted by Crippen LogP contribution is 2.35. The van der Waals surface area contributed by atoms with Crippen LogP contribution < -0.4 is 0 Å². The summed E-state index contributed by atoms with van der Waals surface area (Å²) in [5.74, 6) is 0. The van der Waals surface area contributed by atoms with Crippen LogP contribution in [0.3, 0.4) is 0 Å². The molecule has 0 aromatic heterocycles. The molecule has 1 N–H and O–H groups in total. The van der Waals surface area contributed by atoms with Crippen LogP contribution in [0.15, 0.2) is 42.5 Å². The van der Waals surface area contributed by atoms with E-state index in [1.165, 1.54) is 11.1 Å². The molecule has 0 spiro atoms. The van der Waals surface area contributed by atoms with E-state index in [4.69, 9.17) is 4.74 Å². The van der Waals surface area contributed by atoms with Gasteiger partial charge in [-0.25, -0.2) is 0 Å². The van der Waals surface area contributed by atoms with Gasteiger partial charge in [-0.3, -0.25) is 0 Å². The quantitative estimate of drug-likeness (QED) is 0.920. The van der Waals surface area contributed by atoms with Crippen LogP contribution in [0.1, 0.15) is 46.4 Å². The van der Waals surface area contributed by atoms with Crippen LogP contribution in [-0.4, -0.2) is 11.7 Å². The molecule has 0 fully saturated rings. The molecule has 0 amide bonds. The first kappa shape index (κ1) is 14.3. The number of aliphatic hydroxyl groups excluding tert-OH is 1. The molecule has 2 nitrogen and oxygen atoms in total. The molecule has 2 aromatic rings. The zero-order valence-electron chi connectivity index (χ0n) is 12.7. The number of aliphatic hydroxyl groups is 1. The maximum Gasteiger partial charge on any atom is 0.0855 e. The minimum absolute atomic E-state index is 0.0102. The zero-order chi connectivity index (χ0) is 14.8. The fourth-order valence-corrected chi connectivity index (χ4v) is 3.35. The Balaban J connectivity index is 1.85. The lowest BCUT2D eigenvalue weighted by Crippen LogP contribution is -2.19. The standard InChI is InChI=1S/C19H22O2/c1-13-6-5-7-14(2)19(13)17(20)12-18-16-9-4-3-8-15(16)10-11-21-18/h3-9,17-18,20H,10-12H2,1-2H3. The van der Waals surface area contributed by atoms with Crippen LogP contribution >= 0.6 is 0 Å². The van der Waals surface area contributed by atoms with E-state index >= 15 is 0 Å². The van der Waals surface area contributed by atoms with Crippen molar-refractivity contribution < 1.29 is 9.84 Å². The normalized spacial score (nSPS) is 19.1. The van der Waals surface area contributed by atoms with Crippen molar-refractivity contribution in [2.45, 2.75) is 38.9 Å². The number of fused-ring (bicyclic) bond motifs is 1. The molecule has 0 saturated heterocycles. The van der Waals surface area contributed by atoms with Gasteiger partial charge >= 0.3 is 0 Å². The Bertz CT molecular complexity index is 613. The van der Waals surface area contributed by atoms with Gasteiger partial charge in [-0.1, -0.05) is 42.5 Å². The van der Waals surface area contributed by atoms with Gasteiger partial charge in [0.2, 0.25) is 0 Å². The Morgan fingerprint density at radius 1 is 1.10 bits per heavy atom. The largest absolute Gasteiger partial charge is 0.388 e. The summed E-state index contributed by atoms with van der Waals surface area (Å²) in [6.45, 7) is 4.85. The van der Waals surface area contributed by atoms with Gasteiger partial charge in [-0.15, -0.1) is 0 Å². The van der Waals surface area contributed by atoms with Crippen LogP contribution in [0.5, 0.6) is 0 Å². The van der Waals surface area contributed by atoms with E-state index in [0.29, 0.717) is 6.42 Å². The van der Waals surface area contributed by atoms with Crippen LogP contribution in [0.4, 0.5) is 0 Å². The van der Waals surface area contributed by atoms with Crippen molar-refractivity contribution in [1.29, 1.82) is 0 Å². The van der Waals surface area contributed by atoms with E-state index in [-0.39, 0.29) is 6.10 Å². The number of aryl methyl sites for hydroxylation is 2. The third kappa shape index (κ3) is 2.87. The summed E-state index contributed by atoms with van der Waals surface area (Å²) in [5, 5.41) is 10.7. The second-order valence-corrected chi connectivity index (χ2v) is 5.87. The Labute approximate surface area is 126 Å². The summed E-state index contributed by atoms with van der Waals surface area (Å²) in [4.78, 5) is 0. The molecular weight excluding hydrogens is 260 g/mol. The highest BCUT2D eigenvalue weighted by Gasteiger charge is 2.25. The van der Waals surface area contributed by atoms with Crippen molar-refractivity contribution in [2.75, 3.05) is 6.61 Å². The summed E-state index contributed by atoms with van der Waals surface area (Å²) >= 11 is 0. The minimum atomic E-state index is -0.484. The van der Waals surface area contributed by atoms with E-state index in [1.54, 1.807) is 0 Å². The van der Waals surface area contributed by atoms with Gasteiger partial charge in [0.25, 0.3) is 0 Å². The molecule has 21 heavy (non-hydrogen) atoms. The van der Waals surface area contributed by atoms with Gasteiger partial charge in [0.05, 0.1) is 18.8 Å². The van der Waals surface area contributed by atoms with Gasteiger partial charge in [-0.2, -0.15) is 0 Å². The third-order valence-electron chi connectivity index (χ3n) is 4.41. The van der Waals surface area contributed by atoms with Gasteiger partial charge in [-0.05, 0) is 48.1 Å². The molecule has 0 saturated carbocycles. The highest BCUT2D eigenvalue weighted by molar-refractivity contribution is 5.36. The summed E-state index contributed by atoms with van der Waals surface area (Å²) in [7, 11) is 0. The molecule has 110 valence electrons. The number of hydrogen-bond donors (Lipinski definition) is 1. The van der Waals surface area contributed by atoms with Crippen molar-refractivity contribution in [3.05, 3.63) is 70.3 Å². The lowest BCUT2D eigenvalue weighted by Gasteiger charge is -2.28. The van der Waals surface area contributed by atoms with E-state index in [9.17, 15) is 5.11 Å². The maximum absolute atomic E-state index is 10.7. The average Bonchev–Trinajstić information content (AvgIpc) is 2.47. The first-order valence-electron chi connectivity index (χ1n) is 7.60. The first-order chi connectivity index (χ1) is 10.2. The van der Waals surface area contributed by atoms with Crippen LogP contribution in [-0.2, 0) is 11.2 Å². The Hall–Kier alpha value is -1.64. The molecule has 0 radical (unpaired) electrons. The smallest absolute Gasteiger partial charge is 0.0855 e. The minimum Gasteiger partial charge on any atom is -0.388 e. The van der Waals surface area contributed by atoms with E-state index in [0.717, 1.165) is 29.7 Å². The molecule has 3 rings (SSSR count). The predicted molar refractivity (Wildman–Crippen MR) is 84.3 cm³/mol. The summed E-state index contributed by atoms with van der Waals surface area (Å²) in [6.07, 6.45) is 1.08. The fourth-order valence-electron chi connectivity index (χ4n) is 3.35. The lowest BCUT2D eigenvalue weighted by molar-refractivity contribution is 0.00352. The third-order valence-corrected chi connectivity index (χ3v) is 4.41. The summed E-state index contributed by atoms with van der Waals surface area (Å²) < 4.78 is 5.92. The molecule has 2 heteroatoms. The zero-order valence-corrected chi connectivity index (χ0v) is 12.7. The average molecular weight is 282 g/mol. The topological polar surface area (TPSA) is 29.5 Å². The van der Waals surface area contributed by atoms with Crippen molar-refractivity contribution in [3.63, 3.8) is 0 Å². The number of ether oxygens (including phenoxy) is 1. The second kappa shape index (κ2) is 6.00. The fraction of sp³-hybridized carbons (Fsp3) is 0.368. The van der Waals surface area contributed by atoms with Gasteiger partial charge in [0, 0.05) is 6.42 Å². The molecule has 2 aromatic carbocycles. The van der Waals surface area contributed by atoms with Crippen molar-refractivity contribution >= 4 is 0 Å². The Morgan fingerprint density at radius 2 is 1.81 bits per heavy atom. The molecule has 2 atom stereocenters. The van der Waals surface area contributed by atoms with Crippen LogP contribution in [0.2, 0.25) is 0 Å². The van der Waals surface area contributed by atoms with Crippen molar-refractivity contribution in [1.82, 2.24) is 0 Å². The lowest BCUT2D eigenvalue weighted by atomic mass is 9.90. The van der Waals surface area contributed by atoms with Gasteiger partial charge in [0.1, 0.15) is 0 Å². The number of rotatable bonds is 3. The summed E-state index contributed by atoms with van der Waals surface area (Å²) in [5.41, 5.74) is 5.92. The highest BCUT2D eigenvalue weighted by atomic mass is 16.5. The first-order valence-corrected chi connectivity index (χ1v) is 7.60. The molecule has 1 aliphatic heterocycles. The van der Waals surface area contributed by atoms with E-state index < -0.39 is 6.10 Å². The van der Waals surface area contributed by atoms with E-state index in [1.807, 2.05) is 12.1 Å². The number of hydrogen-bond acceptors (Lipinski definition) is 2. The predicted octanol–water partition coefficient (Wildman–Crippen LogP) is 4.04. The molecule has 2 unspecified atom stereocenters. The Morgan fingerprint density at radius 3 is 2.57 bits per heavy atom.